The molecule has 0 saturated carbocycles. The maximum Gasteiger partial charge on any atom is 0.234 e. The maximum atomic E-state index is 12.3. The lowest BCUT2D eigenvalue weighted by atomic mass is 10.0. The zero-order chi connectivity index (χ0) is 16.9. The molecule has 0 bridgehead atoms. The van der Waals surface area contributed by atoms with Crippen molar-refractivity contribution in [2.24, 2.45) is 0 Å². The molecular formula is C19H28N2O3. The third kappa shape index (κ3) is 4.01. The first kappa shape index (κ1) is 17.1. The fraction of sp³-hybridized carbons (Fsp3) is 0.632. The Morgan fingerprint density at radius 3 is 2.92 bits per heavy atom. The van der Waals surface area contributed by atoms with Gasteiger partial charge < -0.3 is 14.8 Å². The zero-order valence-corrected chi connectivity index (χ0v) is 14.7. The predicted molar refractivity (Wildman–Crippen MR) is 93.5 cm³/mol. The maximum absolute atomic E-state index is 12.3. The molecule has 1 fully saturated rings. The molecule has 2 atom stereocenters. The quantitative estimate of drug-likeness (QED) is 0.870. The average Bonchev–Trinajstić information content (AvgIpc) is 3.02. The number of hydrogen-bond acceptors (Lipinski definition) is 4. The molecular weight excluding hydrogens is 304 g/mol. The van der Waals surface area contributed by atoms with Crippen LogP contribution in [-0.4, -0.2) is 43.2 Å². The van der Waals surface area contributed by atoms with Gasteiger partial charge in [-0.2, -0.15) is 0 Å². The van der Waals surface area contributed by atoms with Gasteiger partial charge in [0.15, 0.2) is 11.5 Å². The Hall–Kier alpha value is -1.75. The molecule has 1 N–H and O–H groups in total. The van der Waals surface area contributed by atoms with Gasteiger partial charge in [0, 0.05) is 12.1 Å². The lowest BCUT2D eigenvalue weighted by Gasteiger charge is -2.26. The molecule has 2 heterocycles. The normalized spacial score (nSPS) is 21.5. The molecule has 1 aromatic rings. The summed E-state index contributed by atoms with van der Waals surface area (Å²) in [5, 5.41) is 3.10. The van der Waals surface area contributed by atoms with Crippen molar-refractivity contribution in [1.29, 1.82) is 0 Å². The van der Waals surface area contributed by atoms with Gasteiger partial charge in [0.05, 0.1) is 6.54 Å². The van der Waals surface area contributed by atoms with Gasteiger partial charge in [-0.1, -0.05) is 19.4 Å². The van der Waals surface area contributed by atoms with E-state index in [1.54, 1.807) is 0 Å². The summed E-state index contributed by atoms with van der Waals surface area (Å²) in [6.45, 7) is 6.85. The van der Waals surface area contributed by atoms with E-state index in [0.29, 0.717) is 19.8 Å². The van der Waals surface area contributed by atoms with Crippen LogP contribution in [0.4, 0.5) is 0 Å². The van der Waals surface area contributed by atoms with Crippen molar-refractivity contribution in [3.63, 3.8) is 0 Å². The summed E-state index contributed by atoms with van der Waals surface area (Å²) in [6.07, 6.45) is 4.32. The highest BCUT2D eigenvalue weighted by Gasteiger charge is 2.28. The number of amides is 1. The molecule has 2 aliphatic rings. The Bertz CT molecular complexity index is 576. The number of rotatable bonds is 6. The molecule has 3 rings (SSSR count). The van der Waals surface area contributed by atoms with Gasteiger partial charge in [-0.05, 0) is 50.4 Å². The van der Waals surface area contributed by atoms with Crippen LogP contribution < -0.4 is 14.8 Å². The number of benzene rings is 1. The Balaban J connectivity index is 1.64. The lowest BCUT2D eigenvalue weighted by Crippen LogP contribution is -2.40. The number of carbonyl (C=O) groups excluding carboxylic acids is 1. The first-order valence-electron chi connectivity index (χ1n) is 9.10. The summed E-state index contributed by atoms with van der Waals surface area (Å²) < 4.78 is 11.3. The van der Waals surface area contributed by atoms with Crippen LogP contribution in [0.25, 0.3) is 0 Å². The highest BCUT2D eigenvalue weighted by molar-refractivity contribution is 5.78. The Morgan fingerprint density at radius 1 is 1.33 bits per heavy atom. The van der Waals surface area contributed by atoms with Crippen molar-refractivity contribution in [3.8, 4) is 11.5 Å². The largest absolute Gasteiger partial charge is 0.486 e. The molecule has 0 radical (unpaired) electrons. The topological polar surface area (TPSA) is 50.8 Å². The molecule has 24 heavy (non-hydrogen) atoms. The van der Waals surface area contributed by atoms with E-state index in [2.05, 4.69) is 36.2 Å². The van der Waals surface area contributed by atoms with Crippen molar-refractivity contribution >= 4 is 5.91 Å². The van der Waals surface area contributed by atoms with Crippen molar-refractivity contribution in [3.05, 3.63) is 23.8 Å². The molecule has 2 unspecified atom stereocenters. The molecule has 132 valence electrons. The van der Waals surface area contributed by atoms with E-state index in [1.807, 2.05) is 6.07 Å². The van der Waals surface area contributed by atoms with Crippen LogP contribution in [0.15, 0.2) is 18.2 Å². The van der Waals surface area contributed by atoms with Crippen LogP contribution in [0.5, 0.6) is 11.5 Å². The van der Waals surface area contributed by atoms with E-state index in [9.17, 15) is 4.79 Å². The zero-order valence-electron chi connectivity index (χ0n) is 14.7. The van der Waals surface area contributed by atoms with Gasteiger partial charge in [-0.25, -0.2) is 0 Å². The molecule has 1 saturated heterocycles. The molecule has 5 heteroatoms. The summed E-state index contributed by atoms with van der Waals surface area (Å²) in [6, 6.07) is 6.71. The standard InChI is InChI=1S/C19H28N2O3/c1-3-5-14(2)20-19(22)13-21-9-4-6-16(21)15-7-8-17-18(12-15)24-11-10-23-17/h7-8,12,14,16H,3-6,9-11,13H2,1-2H3,(H,20,22). The molecule has 5 nitrogen and oxygen atoms in total. The summed E-state index contributed by atoms with van der Waals surface area (Å²) in [4.78, 5) is 14.6. The van der Waals surface area contributed by atoms with Crippen LogP contribution in [-0.2, 0) is 4.79 Å². The van der Waals surface area contributed by atoms with Gasteiger partial charge in [0.25, 0.3) is 0 Å². The fourth-order valence-electron chi connectivity index (χ4n) is 3.67. The van der Waals surface area contributed by atoms with Gasteiger partial charge >= 0.3 is 0 Å². The minimum Gasteiger partial charge on any atom is -0.486 e. The molecule has 1 aromatic carbocycles. The predicted octanol–water partition coefficient (Wildman–Crippen LogP) is 2.90. The molecule has 0 aromatic heterocycles. The van der Waals surface area contributed by atoms with Crippen LogP contribution in [0, 0.1) is 0 Å². The Labute approximate surface area is 144 Å². The average molecular weight is 332 g/mol. The van der Waals surface area contributed by atoms with Crippen LogP contribution >= 0.6 is 0 Å². The van der Waals surface area contributed by atoms with E-state index in [1.165, 1.54) is 5.56 Å². The lowest BCUT2D eigenvalue weighted by molar-refractivity contribution is -0.123. The summed E-state index contributed by atoms with van der Waals surface area (Å²) >= 11 is 0. The van der Waals surface area contributed by atoms with Gasteiger partial charge in [0.1, 0.15) is 13.2 Å². The second-order valence-corrected chi connectivity index (χ2v) is 6.79. The Kier molecular flexibility index (Phi) is 5.61. The van der Waals surface area contributed by atoms with E-state index in [4.69, 9.17) is 9.47 Å². The first-order chi connectivity index (χ1) is 11.7. The van der Waals surface area contributed by atoms with Crippen molar-refractivity contribution in [2.45, 2.75) is 51.6 Å². The van der Waals surface area contributed by atoms with E-state index in [0.717, 1.165) is 43.7 Å². The highest BCUT2D eigenvalue weighted by Crippen LogP contribution is 2.37. The number of hydrogen-bond donors (Lipinski definition) is 1. The van der Waals surface area contributed by atoms with Gasteiger partial charge in [0.2, 0.25) is 5.91 Å². The van der Waals surface area contributed by atoms with Crippen LogP contribution in [0.1, 0.15) is 51.1 Å². The monoisotopic (exact) mass is 332 g/mol. The number of nitrogens with zero attached hydrogens (tertiary/aromatic N) is 1. The highest BCUT2D eigenvalue weighted by atomic mass is 16.6. The molecule has 2 aliphatic heterocycles. The number of nitrogens with one attached hydrogen (secondary N) is 1. The third-order valence-corrected chi connectivity index (χ3v) is 4.79. The Morgan fingerprint density at radius 2 is 2.12 bits per heavy atom. The SMILES string of the molecule is CCCC(C)NC(=O)CN1CCCC1c1ccc2c(c1)OCCO2. The second-order valence-electron chi connectivity index (χ2n) is 6.79. The number of carbonyl (C=O) groups is 1. The van der Waals surface area contributed by atoms with E-state index in [-0.39, 0.29) is 18.0 Å². The smallest absolute Gasteiger partial charge is 0.234 e. The minimum atomic E-state index is 0.125. The number of ether oxygens (including phenoxy) is 2. The van der Waals surface area contributed by atoms with Crippen molar-refractivity contribution < 1.29 is 14.3 Å². The second kappa shape index (κ2) is 7.88. The van der Waals surface area contributed by atoms with Gasteiger partial charge in [-0.15, -0.1) is 0 Å². The van der Waals surface area contributed by atoms with E-state index < -0.39 is 0 Å². The van der Waals surface area contributed by atoms with Crippen molar-refractivity contribution in [1.82, 2.24) is 10.2 Å². The fourth-order valence-corrected chi connectivity index (χ4v) is 3.67. The van der Waals surface area contributed by atoms with Crippen molar-refractivity contribution in [2.75, 3.05) is 26.3 Å². The first-order valence-corrected chi connectivity index (χ1v) is 9.10. The molecule has 0 aliphatic carbocycles. The van der Waals surface area contributed by atoms with Gasteiger partial charge in [-0.3, -0.25) is 9.69 Å². The van der Waals surface area contributed by atoms with Crippen LogP contribution in [0.2, 0.25) is 0 Å². The summed E-state index contributed by atoms with van der Waals surface area (Å²) in [5.74, 6) is 1.77. The minimum absolute atomic E-state index is 0.125. The van der Waals surface area contributed by atoms with Crippen LogP contribution in [0.3, 0.4) is 0 Å². The summed E-state index contributed by atoms with van der Waals surface area (Å²) in [5.41, 5.74) is 1.21. The molecule has 0 spiro atoms. The number of fused-ring (bicyclic) bond motifs is 1. The third-order valence-electron chi connectivity index (χ3n) is 4.79. The summed E-state index contributed by atoms with van der Waals surface area (Å²) in [7, 11) is 0. The molecule has 1 amide bonds. The number of likely N-dealkylation sites (tertiary alicyclic amines) is 1. The van der Waals surface area contributed by atoms with E-state index >= 15 is 0 Å².